The summed E-state index contributed by atoms with van der Waals surface area (Å²) in [5, 5.41) is 14.7. The van der Waals surface area contributed by atoms with Gasteiger partial charge in [0.25, 0.3) is 0 Å². The van der Waals surface area contributed by atoms with Crippen molar-refractivity contribution in [3.05, 3.63) is 51.8 Å². The molecule has 188 valence electrons. The molecule has 1 aromatic carbocycles. The monoisotopic (exact) mass is 536 g/mol. The zero-order chi connectivity index (χ0) is 24.8. The number of fused-ring (bicyclic) bond motifs is 1. The van der Waals surface area contributed by atoms with Gasteiger partial charge in [0.2, 0.25) is 0 Å². The number of hydrogen-bond donors (Lipinski definition) is 1. The van der Waals surface area contributed by atoms with Crippen LogP contribution in [0.1, 0.15) is 37.4 Å². The van der Waals surface area contributed by atoms with Crippen molar-refractivity contribution in [3.8, 4) is 5.75 Å². The summed E-state index contributed by atoms with van der Waals surface area (Å²) in [5.41, 5.74) is 1.11. The number of aromatic nitrogens is 1. The van der Waals surface area contributed by atoms with E-state index in [9.17, 15) is 9.90 Å². The second-order valence-corrected chi connectivity index (χ2v) is 11.3. The number of benzene rings is 1. The summed E-state index contributed by atoms with van der Waals surface area (Å²) in [4.78, 5) is 19.5. The first-order chi connectivity index (χ1) is 16.9. The minimum Gasteiger partial charge on any atom is -0.497 e. The molecule has 1 N–H and O–H groups in total. The molecule has 3 unspecified atom stereocenters. The standard InChI is InChI=1S/C26H30ClFN2O3S2/c1-33-19-3-5-24-21(13-19)26(22(27)14-29-24)23(28)4-2-17-6-8-30(15-18(17)12-25(31)32)9-11-35-20-7-10-34-16-20/h3,5,7,10,13-14,16-18,23H,2,4,6,8-9,11-12,15H2,1H3,(H,31,32). The third-order valence-corrected chi connectivity index (χ3v) is 8.86. The maximum absolute atomic E-state index is 15.6. The Labute approximate surface area is 218 Å². The van der Waals surface area contributed by atoms with Gasteiger partial charge in [-0.25, -0.2) is 4.39 Å². The van der Waals surface area contributed by atoms with E-state index in [1.807, 2.05) is 11.8 Å². The van der Waals surface area contributed by atoms with E-state index in [1.165, 1.54) is 11.1 Å². The first-order valence-corrected chi connectivity index (χ1v) is 14.1. The highest BCUT2D eigenvalue weighted by atomic mass is 35.5. The highest BCUT2D eigenvalue weighted by Crippen LogP contribution is 2.39. The van der Waals surface area contributed by atoms with Crippen molar-refractivity contribution >= 4 is 51.6 Å². The Kier molecular flexibility index (Phi) is 9.27. The highest BCUT2D eigenvalue weighted by molar-refractivity contribution is 7.99. The molecule has 1 fully saturated rings. The molecule has 3 heterocycles. The fourth-order valence-electron chi connectivity index (χ4n) is 4.94. The first-order valence-electron chi connectivity index (χ1n) is 11.8. The van der Waals surface area contributed by atoms with Crippen LogP contribution >= 0.6 is 34.7 Å². The minimum atomic E-state index is -1.26. The molecule has 3 atom stereocenters. The Balaban J connectivity index is 1.39. The van der Waals surface area contributed by atoms with Crippen LogP contribution in [0.25, 0.3) is 10.9 Å². The number of likely N-dealkylation sites (tertiary alicyclic amines) is 1. The molecule has 1 aliphatic heterocycles. The largest absolute Gasteiger partial charge is 0.497 e. The van der Waals surface area contributed by atoms with E-state index in [2.05, 4.69) is 26.7 Å². The number of halogens is 2. The molecular formula is C26H30ClFN2O3S2. The lowest BCUT2D eigenvalue weighted by atomic mass is 9.79. The van der Waals surface area contributed by atoms with Gasteiger partial charge in [-0.3, -0.25) is 9.78 Å². The Morgan fingerprint density at radius 2 is 2.26 bits per heavy atom. The van der Waals surface area contributed by atoms with E-state index in [-0.39, 0.29) is 18.3 Å². The zero-order valence-corrected chi connectivity index (χ0v) is 22.0. The summed E-state index contributed by atoms with van der Waals surface area (Å²) < 4.78 is 20.9. The van der Waals surface area contributed by atoms with Crippen LogP contribution in [0.2, 0.25) is 5.02 Å². The third kappa shape index (κ3) is 6.88. The number of nitrogens with zero attached hydrogens (tertiary/aromatic N) is 2. The number of carboxylic acids is 1. The number of carbonyl (C=O) groups is 1. The third-order valence-electron chi connectivity index (χ3n) is 6.76. The van der Waals surface area contributed by atoms with E-state index in [4.69, 9.17) is 16.3 Å². The number of aliphatic carboxylic acids is 1. The average molecular weight is 537 g/mol. The van der Waals surface area contributed by atoms with Gasteiger partial charge in [0, 0.05) is 52.7 Å². The quantitative estimate of drug-likeness (QED) is 0.267. The fourth-order valence-corrected chi connectivity index (χ4v) is 7.00. The van der Waals surface area contributed by atoms with E-state index in [0.29, 0.717) is 40.1 Å². The van der Waals surface area contributed by atoms with Gasteiger partial charge in [0.05, 0.1) is 17.6 Å². The van der Waals surface area contributed by atoms with Crippen LogP contribution in [0.4, 0.5) is 4.39 Å². The number of thiophene rings is 1. The lowest BCUT2D eigenvalue weighted by molar-refractivity contribution is -0.139. The number of hydrogen-bond acceptors (Lipinski definition) is 6. The van der Waals surface area contributed by atoms with Crippen LogP contribution in [0, 0.1) is 11.8 Å². The molecule has 1 saturated heterocycles. The van der Waals surface area contributed by atoms with E-state index in [1.54, 1.807) is 36.6 Å². The molecule has 1 aliphatic rings. The second kappa shape index (κ2) is 12.4. The maximum Gasteiger partial charge on any atom is 0.303 e. The van der Waals surface area contributed by atoms with Crippen molar-refractivity contribution in [2.24, 2.45) is 11.8 Å². The second-order valence-electron chi connectivity index (χ2n) is 8.96. The first kappa shape index (κ1) is 26.2. The summed E-state index contributed by atoms with van der Waals surface area (Å²) in [6.45, 7) is 2.59. The predicted molar refractivity (Wildman–Crippen MR) is 142 cm³/mol. The minimum absolute atomic E-state index is 0.0179. The van der Waals surface area contributed by atoms with E-state index >= 15 is 4.39 Å². The number of carboxylic acid groups (broad SMARTS) is 1. The lowest BCUT2D eigenvalue weighted by Gasteiger charge is -2.38. The Morgan fingerprint density at radius 3 is 3.00 bits per heavy atom. The van der Waals surface area contributed by atoms with Gasteiger partial charge in [0.1, 0.15) is 11.9 Å². The van der Waals surface area contributed by atoms with E-state index in [0.717, 1.165) is 31.8 Å². The van der Waals surface area contributed by atoms with Crippen molar-refractivity contribution in [2.75, 3.05) is 32.5 Å². The van der Waals surface area contributed by atoms with Crippen LogP contribution in [0.5, 0.6) is 5.75 Å². The number of pyridine rings is 1. The molecule has 0 bridgehead atoms. The molecule has 0 spiro atoms. The summed E-state index contributed by atoms with van der Waals surface area (Å²) in [5.74, 6) is 1.00. The normalized spacial score (nSPS) is 19.6. The van der Waals surface area contributed by atoms with Crippen molar-refractivity contribution in [1.82, 2.24) is 9.88 Å². The smallest absolute Gasteiger partial charge is 0.303 e. The Bertz CT molecular complexity index is 1130. The Morgan fingerprint density at radius 1 is 1.40 bits per heavy atom. The molecule has 2 aromatic heterocycles. The molecule has 0 aliphatic carbocycles. The lowest BCUT2D eigenvalue weighted by Crippen LogP contribution is -2.42. The SMILES string of the molecule is COc1ccc2ncc(Cl)c(C(F)CCC3CCN(CCSc4ccsc4)CC3CC(=O)O)c2c1. The topological polar surface area (TPSA) is 62.7 Å². The average Bonchev–Trinajstić information content (AvgIpc) is 3.36. The molecule has 9 heteroatoms. The van der Waals surface area contributed by atoms with Crippen LogP contribution < -0.4 is 4.74 Å². The summed E-state index contributed by atoms with van der Waals surface area (Å²) in [6, 6.07) is 7.49. The fraction of sp³-hybridized carbons (Fsp3) is 0.462. The van der Waals surface area contributed by atoms with Gasteiger partial charge in [0.15, 0.2) is 0 Å². The van der Waals surface area contributed by atoms with E-state index < -0.39 is 12.1 Å². The highest BCUT2D eigenvalue weighted by Gasteiger charge is 2.31. The molecule has 0 amide bonds. The number of rotatable bonds is 11. The van der Waals surface area contributed by atoms with Crippen LogP contribution in [0.15, 0.2) is 46.1 Å². The van der Waals surface area contributed by atoms with Crippen LogP contribution in [0.3, 0.4) is 0 Å². The van der Waals surface area contributed by atoms with Gasteiger partial charge >= 0.3 is 5.97 Å². The number of thioether (sulfide) groups is 1. The van der Waals surface area contributed by atoms with Crippen molar-refractivity contribution in [2.45, 2.75) is 36.8 Å². The van der Waals surface area contributed by atoms with Gasteiger partial charge in [-0.1, -0.05) is 11.6 Å². The molecule has 3 aromatic rings. The number of ether oxygens (including phenoxy) is 1. The number of piperidine rings is 1. The van der Waals surface area contributed by atoms with Crippen molar-refractivity contribution < 1.29 is 19.0 Å². The zero-order valence-electron chi connectivity index (χ0n) is 19.7. The van der Waals surface area contributed by atoms with Gasteiger partial charge in [-0.2, -0.15) is 11.3 Å². The summed E-state index contributed by atoms with van der Waals surface area (Å²) >= 11 is 9.91. The maximum atomic E-state index is 15.6. The van der Waals surface area contributed by atoms with Crippen molar-refractivity contribution in [1.29, 1.82) is 0 Å². The molecule has 0 saturated carbocycles. The number of methoxy groups -OCH3 is 1. The van der Waals surface area contributed by atoms with Crippen LogP contribution in [-0.2, 0) is 4.79 Å². The predicted octanol–water partition coefficient (Wildman–Crippen LogP) is 6.95. The van der Waals surface area contributed by atoms with Gasteiger partial charge in [-0.15, -0.1) is 11.8 Å². The molecule has 35 heavy (non-hydrogen) atoms. The number of alkyl halides is 1. The molecule has 4 rings (SSSR count). The van der Waals surface area contributed by atoms with Crippen LogP contribution in [-0.4, -0.2) is 53.5 Å². The molecule has 0 radical (unpaired) electrons. The van der Waals surface area contributed by atoms with Gasteiger partial charge < -0.3 is 14.7 Å². The molecule has 5 nitrogen and oxygen atoms in total. The summed E-state index contributed by atoms with van der Waals surface area (Å²) in [7, 11) is 1.57. The van der Waals surface area contributed by atoms with Crippen molar-refractivity contribution in [3.63, 3.8) is 0 Å². The summed E-state index contributed by atoms with van der Waals surface area (Å²) in [6.07, 6.45) is 2.16. The van der Waals surface area contributed by atoms with Gasteiger partial charge in [-0.05, 0) is 67.3 Å². The Hall–Kier alpha value is -1.87. The molecular weight excluding hydrogens is 507 g/mol.